The summed E-state index contributed by atoms with van der Waals surface area (Å²) in [5.74, 6) is -1.41. The predicted molar refractivity (Wildman–Crippen MR) is 89.4 cm³/mol. The molecule has 2 aromatic rings. The molecule has 0 saturated carbocycles. The van der Waals surface area contributed by atoms with Gasteiger partial charge >= 0.3 is 0 Å². The highest BCUT2D eigenvalue weighted by Crippen LogP contribution is 2.19. The molecule has 0 bridgehead atoms. The minimum atomic E-state index is -1.54. The highest BCUT2D eigenvalue weighted by molar-refractivity contribution is 5.98. The van der Waals surface area contributed by atoms with Gasteiger partial charge in [0.25, 0.3) is 11.8 Å². The Labute approximate surface area is 140 Å². The highest BCUT2D eigenvalue weighted by Gasteiger charge is 2.34. The molecule has 0 spiro atoms. The smallest absolute Gasteiger partial charge is 0.268 e. The van der Waals surface area contributed by atoms with Crippen molar-refractivity contribution in [3.05, 3.63) is 60.2 Å². The van der Waals surface area contributed by atoms with Crippen LogP contribution in [0.2, 0.25) is 0 Å². The van der Waals surface area contributed by atoms with Gasteiger partial charge in [0.05, 0.1) is 5.60 Å². The molecule has 2 amide bonds. The maximum absolute atomic E-state index is 12.3. The molecule has 6 nitrogen and oxygen atoms in total. The Morgan fingerprint density at radius 2 is 1.50 bits per heavy atom. The monoisotopic (exact) mass is 328 g/mol. The van der Waals surface area contributed by atoms with Crippen molar-refractivity contribution >= 4 is 11.8 Å². The lowest BCUT2D eigenvalue weighted by Gasteiger charge is -2.28. The van der Waals surface area contributed by atoms with Crippen LogP contribution in [0.15, 0.2) is 54.6 Å². The van der Waals surface area contributed by atoms with Gasteiger partial charge in [-0.3, -0.25) is 14.8 Å². The fourth-order valence-corrected chi connectivity index (χ4v) is 2.29. The largest absolute Gasteiger partial charge is 0.388 e. The second-order valence-corrected chi connectivity index (χ2v) is 5.98. The molecule has 0 radical (unpaired) electrons. The number of hydrogen-bond acceptors (Lipinski definition) is 4. The summed E-state index contributed by atoms with van der Waals surface area (Å²) < 4.78 is 0. The third-order valence-electron chi connectivity index (χ3n) is 3.61. The molecular formula is C18H20N2O4. The van der Waals surface area contributed by atoms with Crippen LogP contribution in [0.4, 0.5) is 0 Å². The molecule has 24 heavy (non-hydrogen) atoms. The minimum Gasteiger partial charge on any atom is -0.388 e. The van der Waals surface area contributed by atoms with Gasteiger partial charge < -0.3 is 10.4 Å². The molecule has 0 heterocycles. The summed E-state index contributed by atoms with van der Waals surface area (Å²) in [6.45, 7) is 2.73. The van der Waals surface area contributed by atoms with E-state index in [2.05, 4.69) is 5.32 Å². The summed E-state index contributed by atoms with van der Waals surface area (Å²) in [5, 5.41) is 21.2. The van der Waals surface area contributed by atoms with Crippen LogP contribution >= 0.6 is 0 Å². The van der Waals surface area contributed by atoms with E-state index in [9.17, 15) is 14.7 Å². The SMILES string of the molecule is CC(C)(O)[C@H](NC(=O)c1ccc(-c2ccccc2)cc1)C(=O)NO. The number of hydrogen-bond donors (Lipinski definition) is 4. The summed E-state index contributed by atoms with van der Waals surface area (Å²) in [5.41, 5.74) is 2.24. The van der Waals surface area contributed by atoms with Gasteiger partial charge in [0.1, 0.15) is 6.04 Å². The second-order valence-electron chi connectivity index (χ2n) is 5.98. The topological polar surface area (TPSA) is 98.7 Å². The Hall–Kier alpha value is -2.70. The van der Waals surface area contributed by atoms with E-state index in [1.54, 1.807) is 24.3 Å². The number of benzene rings is 2. The van der Waals surface area contributed by atoms with Crippen molar-refractivity contribution in [1.82, 2.24) is 10.8 Å². The molecule has 0 saturated heterocycles. The Morgan fingerprint density at radius 1 is 0.958 bits per heavy atom. The average Bonchev–Trinajstić information content (AvgIpc) is 2.58. The molecule has 4 N–H and O–H groups in total. The molecule has 0 unspecified atom stereocenters. The first kappa shape index (κ1) is 17.7. The molecule has 126 valence electrons. The maximum atomic E-state index is 12.3. The first-order chi connectivity index (χ1) is 11.3. The summed E-state index contributed by atoms with van der Waals surface area (Å²) in [6, 6.07) is 15.3. The van der Waals surface area contributed by atoms with E-state index in [4.69, 9.17) is 5.21 Å². The van der Waals surface area contributed by atoms with Crippen LogP contribution in [0.25, 0.3) is 11.1 Å². The van der Waals surface area contributed by atoms with Crippen LogP contribution in [-0.4, -0.2) is 33.8 Å². The van der Waals surface area contributed by atoms with Gasteiger partial charge in [-0.2, -0.15) is 0 Å². The highest BCUT2D eigenvalue weighted by atomic mass is 16.5. The lowest BCUT2D eigenvalue weighted by Crippen LogP contribution is -2.57. The fraction of sp³-hybridized carbons (Fsp3) is 0.222. The van der Waals surface area contributed by atoms with Crippen LogP contribution in [-0.2, 0) is 4.79 Å². The number of hydroxylamine groups is 1. The normalized spacial score (nSPS) is 12.3. The summed E-state index contributed by atoms with van der Waals surface area (Å²) >= 11 is 0. The molecule has 0 aliphatic carbocycles. The fourth-order valence-electron chi connectivity index (χ4n) is 2.29. The Kier molecular flexibility index (Phi) is 5.33. The average molecular weight is 328 g/mol. The zero-order valence-corrected chi connectivity index (χ0v) is 13.5. The number of carbonyl (C=O) groups excluding carboxylic acids is 2. The molecule has 0 aliphatic rings. The molecule has 1 atom stereocenters. The van der Waals surface area contributed by atoms with Crippen molar-refractivity contribution in [2.45, 2.75) is 25.5 Å². The third kappa shape index (κ3) is 4.18. The van der Waals surface area contributed by atoms with E-state index in [0.717, 1.165) is 11.1 Å². The molecule has 2 rings (SSSR count). The predicted octanol–water partition coefficient (Wildman–Crippen LogP) is 1.73. The van der Waals surface area contributed by atoms with Crippen LogP contribution in [0.3, 0.4) is 0 Å². The number of amides is 2. The Morgan fingerprint density at radius 3 is 2.00 bits per heavy atom. The summed E-state index contributed by atoms with van der Waals surface area (Å²) in [6.07, 6.45) is 0. The third-order valence-corrected chi connectivity index (χ3v) is 3.61. The zero-order chi connectivity index (χ0) is 17.7. The number of nitrogens with one attached hydrogen (secondary N) is 2. The minimum absolute atomic E-state index is 0.342. The van der Waals surface area contributed by atoms with Crippen LogP contribution in [0.5, 0.6) is 0 Å². The number of carbonyl (C=O) groups is 2. The lowest BCUT2D eigenvalue weighted by atomic mass is 9.97. The van der Waals surface area contributed by atoms with E-state index in [0.29, 0.717) is 5.56 Å². The van der Waals surface area contributed by atoms with Gasteiger partial charge in [0.15, 0.2) is 0 Å². The molecule has 0 fully saturated rings. The van der Waals surface area contributed by atoms with Crippen molar-refractivity contribution in [1.29, 1.82) is 0 Å². The first-order valence-electron chi connectivity index (χ1n) is 7.45. The molecule has 0 aromatic heterocycles. The van der Waals surface area contributed by atoms with E-state index in [-0.39, 0.29) is 0 Å². The Balaban J connectivity index is 2.16. The number of aliphatic hydroxyl groups is 1. The van der Waals surface area contributed by atoms with Crippen molar-refractivity contribution in [2.24, 2.45) is 0 Å². The summed E-state index contributed by atoms with van der Waals surface area (Å²) in [4.78, 5) is 23.9. The molecule has 0 aliphatic heterocycles. The quantitative estimate of drug-likeness (QED) is 0.496. The van der Waals surface area contributed by atoms with Gasteiger partial charge in [-0.15, -0.1) is 0 Å². The van der Waals surface area contributed by atoms with Gasteiger partial charge in [-0.25, -0.2) is 5.48 Å². The number of rotatable bonds is 5. The van der Waals surface area contributed by atoms with Crippen molar-refractivity contribution in [3.63, 3.8) is 0 Å². The zero-order valence-electron chi connectivity index (χ0n) is 13.5. The van der Waals surface area contributed by atoms with Gasteiger partial charge in [0.2, 0.25) is 0 Å². The van der Waals surface area contributed by atoms with E-state index in [1.165, 1.54) is 19.3 Å². The standard InChI is InChI=1S/C18H20N2O4/c1-18(2,23)15(17(22)20-24)19-16(21)14-10-8-13(9-11-14)12-6-4-3-5-7-12/h3-11,15,23-24H,1-2H3,(H,19,21)(H,20,22)/t15-/m1/s1. The van der Waals surface area contributed by atoms with Crippen molar-refractivity contribution in [2.75, 3.05) is 0 Å². The van der Waals surface area contributed by atoms with Crippen LogP contribution in [0.1, 0.15) is 24.2 Å². The molecule has 2 aromatic carbocycles. The lowest BCUT2D eigenvalue weighted by molar-refractivity contribution is -0.136. The van der Waals surface area contributed by atoms with E-state index < -0.39 is 23.5 Å². The van der Waals surface area contributed by atoms with Crippen LogP contribution < -0.4 is 10.8 Å². The van der Waals surface area contributed by atoms with Crippen molar-refractivity contribution < 1.29 is 19.9 Å². The maximum Gasteiger partial charge on any atom is 0.268 e. The van der Waals surface area contributed by atoms with Gasteiger partial charge in [-0.1, -0.05) is 42.5 Å². The second kappa shape index (κ2) is 7.25. The van der Waals surface area contributed by atoms with E-state index >= 15 is 0 Å². The van der Waals surface area contributed by atoms with E-state index in [1.807, 2.05) is 30.3 Å². The van der Waals surface area contributed by atoms with Gasteiger partial charge in [-0.05, 0) is 37.1 Å². The summed E-state index contributed by atoms with van der Waals surface area (Å²) in [7, 11) is 0. The molecular weight excluding hydrogens is 308 g/mol. The molecule has 6 heteroatoms. The van der Waals surface area contributed by atoms with Crippen molar-refractivity contribution in [3.8, 4) is 11.1 Å². The Bertz CT molecular complexity index is 706. The van der Waals surface area contributed by atoms with Gasteiger partial charge in [0, 0.05) is 5.56 Å². The van der Waals surface area contributed by atoms with Crippen LogP contribution in [0, 0.1) is 0 Å². The first-order valence-corrected chi connectivity index (χ1v) is 7.45.